The third-order valence-corrected chi connectivity index (χ3v) is 5.24. The zero-order chi connectivity index (χ0) is 20.4. The van der Waals surface area contributed by atoms with Gasteiger partial charge in [0.1, 0.15) is 11.5 Å². The molecule has 0 radical (unpaired) electrons. The average Bonchev–Trinajstić information content (AvgIpc) is 2.54. The van der Waals surface area contributed by atoms with Gasteiger partial charge in [-0.3, -0.25) is 10.8 Å². The van der Waals surface area contributed by atoms with Gasteiger partial charge in [0.25, 0.3) is 0 Å². The third kappa shape index (κ3) is 5.25. The van der Waals surface area contributed by atoms with Crippen molar-refractivity contribution in [3.8, 4) is 5.75 Å². The second-order valence-corrected chi connectivity index (χ2v) is 10.1. The van der Waals surface area contributed by atoms with Gasteiger partial charge in [-0.1, -0.05) is 54.5 Å². The second-order valence-electron chi connectivity index (χ2n) is 8.76. The summed E-state index contributed by atoms with van der Waals surface area (Å²) in [5.74, 6) is 1.18. The lowest BCUT2D eigenvalue weighted by molar-refractivity contribution is 0.446. The highest BCUT2D eigenvalue weighted by Gasteiger charge is 2.25. The highest BCUT2D eigenvalue weighted by Crippen LogP contribution is 2.40. The molecule has 0 amide bonds. The molecule has 0 saturated carbocycles. The maximum Gasteiger partial charge on any atom is 0.144 e. The van der Waals surface area contributed by atoms with E-state index in [2.05, 4.69) is 65.1 Å². The molecule has 0 aliphatic heterocycles. The van der Waals surface area contributed by atoms with Crippen molar-refractivity contribution in [2.45, 2.75) is 59.3 Å². The largest absolute Gasteiger partial charge is 0.505 e. The number of nitrogens with zero attached hydrogens (tertiary/aromatic N) is 1. The van der Waals surface area contributed by atoms with Crippen LogP contribution in [0.5, 0.6) is 5.75 Å². The molecule has 0 fully saturated rings. The molecular formula is C22H31N3OS. The normalized spacial score (nSPS) is 16.6. The van der Waals surface area contributed by atoms with E-state index in [0.29, 0.717) is 17.1 Å². The Balaban J connectivity index is 2.46. The minimum absolute atomic E-state index is 0.0532. The third-order valence-electron chi connectivity index (χ3n) is 4.36. The molecule has 1 aromatic carbocycles. The maximum absolute atomic E-state index is 10.8. The molecule has 27 heavy (non-hydrogen) atoms. The smallest absolute Gasteiger partial charge is 0.144 e. The zero-order valence-corrected chi connectivity index (χ0v) is 18.2. The summed E-state index contributed by atoms with van der Waals surface area (Å²) in [6.45, 7) is 14.8. The lowest BCUT2D eigenvalue weighted by Gasteiger charge is -2.27. The van der Waals surface area contributed by atoms with E-state index in [1.54, 1.807) is 17.8 Å². The second kappa shape index (κ2) is 7.93. The van der Waals surface area contributed by atoms with Crippen molar-refractivity contribution in [3.05, 3.63) is 46.4 Å². The predicted molar refractivity (Wildman–Crippen MR) is 120 cm³/mol. The van der Waals surface area contributed by atoms with E-state index in [9.17, 15) is 5.11 Å². The molecule has 0 bridgehead atoms. The average molecular weight is 386 g/mol. The Bertz CT molecular complexity index is 821. The first-order valence-electron chi connectivity index (χ1n) is 9.26. The summed E-state index contributed by atoms with van der Waals surface area (Å²) in [6.07, 6.45) is 5.59. The zero-order valence-electron chi connectivity index (χ0n) is 17.4. The minimum atomic E-state index is -0.194. The summed E-state index contributed by atoms with van der Waals surface area (Å²) < 4.78 is 0. The van der Waals surface area contributed by atoms with Crippen molar-refractivity contribution < 1.29 is 5.11 Å². The monoisotopic (exact) mass is 385 g/mol. The molecule has 3 N–H and O–H groups in total. The van der Waals surface area contributed by atoms with Crippen LogP contribution in [0.3, 0.4) is 0 Å². The van der Waals surface area contributed by atoms with Crippen LogP contribution in [0.4, 0.5) is 5.69 Å². The van der Waals surface area contributed by atoms with E-state index >= 15 is 0 Å². The van der Waals surface area contributed by atoms with E-state index in [1.807, 2.05) is 18.2 Å². The molecule has 5 heteroatoms. The van der Waals surface area contributed by atoms with Crippen molar-refractivity contribution in [2.24, 2.45) is 5.10 Å². The Morgan fingerprint density at radius 1 is 1.07 bits per heavy atom. The van der Waals surface area contributed by atoms with E-state index in [4.69, 9.17) is 5.41 Å². The van der Waals surface area contributed by atoms with Gasteiger partial charge in [0.15, 0.2) is 0 Å². The molecule has 0 saturated heterocycles. The first-order chi connectivity index (χ1) is 12.4. The van der Waals surface area contributed by atoms with Crippen LogP contribution < -0.4 is 5.43 Å². The van der Waals surface area contributed by atoms with Gasteiger partial charge in [0.05, 0.1) is 11.4 Å². The summed E-state index contributed by atoms with van der Waals surface area (Å²) >= 11 is 1.71. The molecule has 1 aliphatic rings. The van der Waals surface area contributed by atoms with E-state index in [0.717, 1.165) is 21.8 Å². The summed E-state index contributed by atoms with van der Waals surface area (Å²) in [6, 6.07) is 4.03. The fourth-order valence-electron chi connectivity index (χ4n) is 2.71. The number of thioether (sulfide) groups is 1. The molecule has 0 heterocycles. The van der Waals surface area contributed by atoms with E-state index in [1.165, 1.54) is 0 Å². The molecule has 4 nitrogen and oxygen atoms in total. The fraction of sp³-hybridized carbons (Fsp3) is 0.455. The Kier molecular flexibility index (Phi) is 6.25. The molecular weight excluding hydrogens is 354 g/mol. The van der Waals surface area contributed by atoms with Gasteiger partial charge in [-0.25, -0.2) is 0 Å². The van der Waals surface area contributed by atoms with Gasteiger partial charge in [0.2, 0.25) is 0 Å². The van der Waals surface area contributed by atoms with Crippen LogP contribution in [0, 0.1) is 5.41 Å². The van der Waals surface area contributed by atoms with Crippen molar-refractivity contribution in [1.29, 1.82) is 5.41 Å². The molecule has 0 aromatic heterocycles. The molecule has 0 unspecified atom stereocenters. The maximum atomic E-state index is 10.8. The Morgan fingerprint density at radius 2 is 1.74 bits per heavy atom. The SMILES string of the molecule is CCSC1=C/C(=N/Nc2cc(C(C)(C)C)cc(C(C)(C)C)c2O)C(=N)C=C1. The van der Waals surface area contributed by atoms with E-state index in [-0.39, 0.29) is 16.6 Å². The quantitative estimate of drug-likeness (QED) is 0.339. The number of benzene rings is 1. The van der Waals surface area contributed by atoms with Gasteiger partial charge in [-0.05, 0) is 46.4 Å². The Morgan fingerprint density at radius 3 is 2.30 bits per heavy atom. The van der Waals surface area contributed by atoms with Crippen molar-refractivity contribution in [2.75, 3.05) is 11.2 Å². The van der Waals surface area contributed by atoms with Crippen LogP contribution in [-0.4, -0.2) is 22.3 Å². The van der Waals surface area contributed by atoms with Gasteiger partial charge in [-0.15, -0.1) is 11.8 Å². The Hall–Kier alpha value is -2.01. The topological polar surface area (TPSA) is 68.5 Å². The summed E-state index contributed by atoms with van der Waals surface area (Å²) in [7, 11) is 0. The minimum Gasteiger partial charge on any atom is -0.505 e. The molecule has 2 rings (SSSR count). The lowest BCUT2D eigenvalue weighted by atomic mass is 9.80. The van der Waals surface area contributed by atoms with Gasteiger partial charge >= 0.3 is 0 Å². The number of rotatable bonds is 4. The number of phenolic OH excluding ortho intramolecular Hbond substituents is 1. The summed E-state index contributed by atoms with van der Waals surface area (Å²) in [4.78, 5) is 1.08. The van der Waals surface area contributed by atoms with Crippen molar-refractivity contribution in [3.63, 3.8) is 0 Å². The van der Waals surface area contributed by atoms with E-state index < -0.39 is 0 Å². The number of allylic oxidation sites excluding steroid dienone is 3. The van der Waals surface area contributed by atoms with Crippen molar-refractivity contribution in [1.82, 2.24) is 0 Å². The number of phenols is 1. The molecule has 1 aromatic rings. The van der Waals surface area contributed by atoms with Crippen LogP contribution in [0.1, 0.15) is 59.6 Å². The highest BCUT2D eigenvalue weighted by atomic mass is 32.2. The van der Waals surface area contributed by atoms with Crippen LogP contribution in [0.2, 0.25) is 0 Å². The van der Waals surface area contributed by atoms with Crippen LogP contribution in [0.25, 0.3) is 0 Å². The number of aromatic hydroxyl groups is 1. The number of anilines is 1. The standard InChI is InChI=1S/C22H31N3OS/c1-8-27-15-9-10-17(23)18(13-15)24-25-19-12-14(21(2,3)4)11-16(20(19)26)22(5,6)7/h9-13,23,25-26H,8H2,1-7H3/b23-17?,24-18-. The van der Waals surface area contributed by atoms with Crippen LogP contribution >= 0.6 is 11.8 Å². The number of hydrogen-bond acceptors (Lipinski definition) is 5. The molecule has 0 atom stereocenters. The molecule has 146 valence electrons. The van der Waals surface area contributed by atoms with Gasteiger partial charge in [0, 0.05) is 10.5 Å². The number of hydrogen-bond donors (Lipinski definition) is 3. The number of nitrogens with one attached hydrogen (secondary N) is 2. The summed E-state index contributed by atoms with van der Waals surface area (Å²) in [5, 5.41) is 23.3. The van der Waals surface area contributed by atoms with Crippen LogP contribution in [0.15, 0.2) is 40.4 Å². The first kappa shape index (κ1) is 21.3. The first-order valence-corrected chi connectivity index (χ1v) is 10.2. The predicted octanol–water partition coefficient (Wildman–Crippen LogP) is 5.98. The number of hydrazone groups is 1. The van der Waals surface area contributed by atoms with Gasteiger partial charge < -0.3 is 5.11 Å². The summed E-state index contributed by atoms with van der Waals surface area (Å²) in [5.41, 5.74) is 6.26. The lowest BCUT2D eigenvalue weighted by Crippen LogP contribution is -2.18. The highest BCUT2D eigenvalue weighted by molar-refractivity contribution is 8.03. The van der Waals surface area contributed by atoms with Crippen molar-refractivity contribution >= 4 is 28.9 Å². The molecule has 0 spiro atoms. The van der Waals surface area contributed by atoms with Gasteiger partial charge in [-0.2, -0.15) is 5.10 Å². The Labute approximate surface area is 167 Å². The fourth-order valence-corrected chi connectivity index (χ4v) is 3.40. The van der Waals surface area contributed by atoms with Crippen LogP contribution in [-0.2, 0) is 10.8 Å². The molecule has 1 aliphatic carbocycles.